The summed E-state index contributed by atoms with van der Waals surface area (Å²) in [4.78, 5) is 0. The van der Waals surface area contributed by atoms with E-state index < -0.39 is 0 Å². The van der Waals surface area contributed by atoms with Crippen LogP contribution in [0.15, 0.2) is 42.5 Å². The summed E-state index contributed by atoms with van der Waals surface area (Å²) in [5.74, 6) is 1.48. The van der Waals surface area contributed by atoms with Crippen LogP contribution in [0.1, 0.15) is 42.9 Å². The van der Waals surface area contributed by atoms with Crippen molar-refractivity contribution in [3.05, 3.63) is 64.2 Å². The molecule has 0 aliphatic rings. The lowest BCUT2D eigenvalue weighted by atomic mass is 9.99. The molecule has 20 heavy (non-hydrogen) atoms. The van der Waals surface area contributed by atoms with Crippen LogP contribution in [-0.2, 0) is 6.61 Å². The maximum absolute atomic E-state index is 6.20. The van der Waals surface area contributed by atoms with Crippen molar-refractivity contribution in [1.82, 2.24) is 0 Å². The van der Waals surface area contributed by atoms with E-state index in [4.69, 9.17) is 16.3 Å². The molecular weight excluding hydrogens is 268 g/mol. The molecule has 0 heterocycles. The Kier molecular flexibility index (Phi) is 5.08. The summed E-state index contributed by atoms with van der Waals surface area (Å²) in [6.07, 6.45) is 1.15. The van der Waals surface area contributed by atoms with E-state index >= 15 is 0 Å². The van der Waals surface area contributed by atoms with Gasteiger partial charge in [0.05, 0.1) is 0 Å². The maximum Gasteiger partial charge on any atom is 0.119 e. The Labute approximate surface area is 126 Å². The molecule has 106 valence electrons. The molecule has 0 radical (unpaired) electrons. The van der Waals surface area contributed by atoms with E-state index in [1.54, 1.807) is 0 Å². The van der Waals surface area contributed by atoms with Crippen LogP contribution in [-0.4, -0.2) is 0 Å². The van der Waals surface area contributed by atoms with Crippen LogP contribution in [0.25, 0.3) is 0 Å². The fourth-order valence-corrected chi connectivity index (χ4v) is 2.35. The SMILES string of the molecule is CCC(C)c1ccc(OCc2ccc(C)cc2Cl)cc1. The first-order valence-electron chi connectivity index (χ1n) is 7.08. The normalized spacial score (nSPS) is 12.2. The molecule has 0 fully saturated rings. The zero-order chi connectivity index (χ0) is 14.5. The standard InChI is InChI=1S/C18H21ClO/c1-4-14(3)15-7-9-17(10-8-15)20-12-16-6-5-13(2)11-18(16)19/h5-11,14H,4,12H2,1-3H3. The number of halogens is 1. The Morgan fingerprint density at radius 2 is 1.80 bits per heavy atom. The number of hydrogen-bond donors (Lipinski definition) is 0. The molecule has 0 saturated heterocycles. The van der Waals surface area contributed by atoms with Gasteiger partial charge in [0.15, 0.2) is 0 Å². The molecule has 2 aromatic rings. The van der Waals surface area contributed by atoms with Crippen molar-refractivity contribution in [2.75, 3.05) is 0 Å². The fraction of sp³-hybridized carbons (Fsp3) is 0.333. The van der Waals surface area contributed by atoms with Crippen LogP contribution < -0.4 is 4.74 Å². The van der Waals surface area contributed by atoms with Crippen molar-refractivity contribution in [2.24, 2.45) is 0 Å². The summed E-state index contributed by atoms with van der Waals surface area (Å²) >= 11 is 6.20. The van der Waals surface area contributed by atoms with E-state index in [1.807, 2.05) is 31.2 Å². The molecule has 0 bridgehead atoms. The van der Waals surface area contributed by atoms with Crippen molar-refractivity contribution in [1.29, 1.82) is 0 Å². The highest BCUT2D eigenvalue weighted by molar-refractivity contribution is 6.31. The van der Waals surface area contributed by atoms with Gasteiger partial charge in [-0.1, -0.05) is 49.7 Å². The summed E-state index contributed by atoms with van der Waals surface area (Å²) in [6.45, 7) is 6.97. The lowest BCUT2D eigenvalue weighted by Gasteiger charge is -2.11. The molecule has 0 N–H and O–H groups in total. The zero-order valence-corrected chi connectivity index (χ0v) is 13.1. The van der Waals surface area contributed by atoms with Gasteiger partial charge in [-0.25, -0.2) is 0 Å². The smallest absolute Gasteiger partial charge is 0.119 e. The Bertz CT molecular complexity index is 560. The molecular formula is C18H21ClO. The average molecular weight is 289 g/mol. The van der Waals surface area contributed by atoms with E-state index in [0.717, 1.165) is 28.3 Å². The highest BCUT2D eigenvalue weighted by atomic mass is 35.5. The van der Waals surface area contributed by atoms with Gasteiger partial charge >= 0.3 is 0 Å². The third-order valence-electron chi connectivity index (χ3n) is 3.66. The summed E-state index contributed by atoms with van der Waals surface area (Å²) in [5.41, 5.74) is 3.54. The van der Waals surface area contributed by atoms with Crippen molar-refractivity contribution in [3.8, 4) is 5.75 Å². The molecule has 0 spiro atoms. The fourth-order valence-electron chi connectivity index (χ4n) is 2.06. The second-order valence-electron chi connectivity index (χ2n) is 5.26. The Balaban J connectivity index is 2.00. The van der Waals surface area contributed by atoms with Gasteiger partial charge in [-0.05, 0) is 48.6 Å². The number of rotatable bonds is 5. The predicted molar refractivity (Wildman–Crippen MR) is 85.7 cm³/mol. The van der Waals surface area contributed by atoms with Gasteiger partial charge in [0.1, 0.15) is 12.4 Å². The molecule has 2 heteroatoms. The summed E-state index contributed by atoms with van der Waals surface area (Å²) in [6, 6.07) is 14.4. The first kappa shape index (κ1) is 14.9. The quantitative estimate of drug-likeness (QED) is 0.681. The Morgan fingerprint density at radius 3 is 2.40 bits per heavy atom. The van der Waals surface area contributed by atoms with E-state index in [1.165, 1.54) is 5.56 Å². The first-order chi connectivity index (χ1) is 9.60. The van der Waals surface area contributed by atoms with Gasteiger partial charge in [-0.2, -0.15) is 0 Å². The minimum Gasteiger partial charge on any atom is -0.489 e. The molecule has 2 rings (SSSR count). The Morgan fingerprint density at radius 1 is 1.10 bits per heavy atom. The molecule has 1 nitrogen and oxygen atoms in total. The average Bonchev–Trinajstić information content (AvgIpc) is 2.46. The third-order valence-corrected chi connectivity index (χ3v) is 4.02. The van der Waals surface area contributed by atoms with Gasteiger partial charge in [0, 0.05) is 10.6 Å². The largest absolute Gasteiger partial charge is 0.489 e. The van der Waals surface area contributed by atoms with Crippen LogP contribution in [0.3, 0.4) is 0 Å². The van der Waals surface area contributed by atoms with E-state index in [9.17, 15) is 0 Å². The molecule has 0 aliphatic heterocycles. The monoisotopic (exact) mass is 288 g/mol. The van der Waals surface area contributed by atoms with E-state index in [2.05, 4.69) is 32.0 Å². The highest BCUT2D eigenvalue weighted by Crippen LogP contribution is 2.23. The van der Waals surface area contributed by atoms with Crippen LogP contribution >= 0.6 is 11.6 Å². The lowest BCUT2D eigenvalue weighted by molar-refractivity contribution is 0.306. The number of aryl methyl sites for hydroxylation is 1. The van der Waals surface area contributed by atoms with Gasteiger partial charge in [0.2, 0.25) is 0 Å². The zero-order valence-electron chi connectivity index (χ0n) is 12.3. The second-order valence-corrected chi connectivity index (χ2v) is 5.67. The molecule has 0 amide bonds. The van der Waals surface area contributed by atoms with Gasteiger partial charge < -0.3 is 4.74 Å². The second kappa shape index (κ2) is 6.81. The van der Waals surface area contributed by atoms with Crippen molar-refractivity contribution >= 4 is 11.6 Å². The van der Waals surface area contributed by atoms with Crippen LogP contribution in [0.4, 0.5) is 0 Å². The molecule has 0 saturated carbocycles. The van der Waals surface area contributed by atoms with E-state index in [-0.39, 0.29) is 0 Å². The van der Waals surface area contributed by atoms with E-state index in [0.29, 0.717) is 12.5 Å². The third kappa shape index (κ3) is 3.77. The molecule has 1 atom stereocenters. The van der Waals surface area contributed by atoms with Crippen LogP contribution in [0, 0.1) is 6.92 Å². The minimum absolute atomic E-state index is 0.502. The van der Waals surface area contributed by atoms with Crippen molar-refractivity contribution in [2.45, 2.75) is 39.7 Å². The summed E-state index contributed by atoms with van der Waals surface area (Å²) in [5, 5.41) is 0.765. The highest BCUT2D eigenvalue weighted by Gasteiger charge is 2.04. The van der Waals surface area contributed by atoms with Gasteiger partial charge in [0.25, 0.3) is 0 Å². The van der Waals surface area contributed by atoms with Gasteiger partial charge in [-0.15, -0.1) is 0 Å². The summed E-state index contributed by atoms with van der Waals surface area (Å²) < 4.78 is 5.80. The first-order valence-corrected chi connectivity index (χ1v) is 7.45. The molecule has 0 aromatic heterocycles. The van der Waals surface area contributed by atoms with Crippen LogP contribution in [0.2, 0.25) is 5.02 Å². The van der Waals surface area contributed by atoms with Crippen LogP contribution in [0.5, 0.6) is 5.75 Å². The molecule has 0 aliphatic carbocycles. The number of hydrogen-bond acceptors (Lipinski definition) is 1. The lowest BCUT2D eigenvalue weighted by Crippen LogP contribution is -1.97. The predicted octanol–water partition coefficient (Wildman–Crippen LogP) is 5.74. The van der Waals surface area contributed by atoms with Gasteiger partial charge in [-0.3, -0.25) is 0 Å². The summed E-state index contributed by atoms with van der Waals surface area (Å²) in [7, 11) is 0. The van der Waals surface area contributed by atoms with Crippen molar-refractivity contribution < 1.29 is 4.74 Å². The Hall–Kier alpha value is -1.47. The maximum atomic E-state index is 6.20. The minimum atomic E-state index is 0.502. The number of benzene rings is 2. The number of ether oxygens (including phenoxy) is 1. The molecule has 1 unspecified atom stereocenters. The topological polar surface area (TPSA) is 9.23 Å². The molecule has 2 aromatic carbocycles. The van der Waals surface area contributed by atoms with Crippen molar-refractivity contribution in [3.63, 3.8) is 0 Å².